The van der Waals surface area contributed by atoms with Crippen LogP contribution in [0.4, 0.5) is 9.59 Å². The van der Waals surface area contributed by atoms with Gasteiger partial charge in [0.05, 0.1) is 13.2 Å². The Morgan fingerprint density at radius 3 is 1.24 bits per heavy atom. The van der Waals surface area contributed by atoms with Crippen molar-refractivity contribution in [2.45, 2.75) is 157 Å². The normalized spacial score (nSPS) is 14.0. The number of carbonyl (C=O) groups is 2. The van der Waals surface area contributed by atoms with Gasteiger partial charge < -0.3 is 49.6 Å². The van der Waals surface area contributed by atoms with Crippen LogP contribution < -0.4 is 20.1 Å². The van der Waals surface area contributed by atoms with Gasteiger partial charge in [-0.2, -0.15) is 0 Å². The van der Waals surface area contributed by atoms with Crippen LogP contribution in [0.15, 0.2) is 146 Å². The third-order valence-corrected chi connectivity index (χ3v) is 16.2. The van der Waals surface area contributed by atoms with Crippen LogP contribution in [0.1, 0.15) is 135 Å². The molecule has 12 rings (SSSR count). The van der Waals surface area contributed by atoms with Crippen LogP contribution in [0.25, 0.3) is 22.8 Å². The van der Waals surface area contributed by atoms with E-state index in [1.807, 2.05) is 90.6 Å². The Hall–Kier alpha value is -8.86. The number of aromatic nitrogens is 4. The number of amides is 2. The smallest absolute Gasteiger partial charge is 0.410 e. The van der Waals surface area contributed by atoms with Crippen molar-refractivity contribution in [3.63, 3.8) is 0 Å². The highest BCUT2D eigenvalue weighted by Crippen LogP contribution is 2.28. The number of aryl methyl sites for hydroxylation is 4. The van der Waals surface area contributed by atoms with Gasteiger partial charge in [0.15, 0.2) is 11.6 Å². The van der Waals surface area contributed by atoms with Gasteiger partial charge in [-0.25, -0.2) is 29.5 Å². The molecule has 4 aliphatic rings. The number of rotatable bonds is 14. The van der Waals surface area contributed by atoms with Gasteiger partial charge in [-0.1, -0.05) is 86.6 Å². The molecular formula is C76H92N8O8. The predicted octanol–water partition coefficient (Wildman–Crippen LogP) is 14.1. The SMILES string of the molecule is CC(C)(C)OC(=O)N1CCc2cc(O)ccc2C1.CCc1cnc(-c2ccc(CCCOc3ccc4c(c3)CCN(C(=O)OC(C)(C)C)C4)cc2)nc1.CCc1cnc(-c2ccc(CCCOc3ccc4c(c3)CCNC4)cc2)nc1.Oc1ccc2c(c1)CCNC2. The van der Waals surface area contributed by atoms with Crippen LogP contribution in [0.5, 0.6) is 23.0 Å². The van der Waals surface area contributed by atoms with Gasteiger partial charge in [0.1, 0.15) is 34.2 Å². The van der Waals surface area contributed by atoms with Crippen LogP contribution in [0.2, 0.25) is 0 Å². The van der Waals surface area contributed by atoms with Crippen molar-refractivity contribution in [1.29, 1.82) is 0 Å². The maximum atomic E-state index is 12.4. The standard InChI is InChI=1S/C29H35N3O3.C24H27N3O.C14H19NO3.C9H11NO/c1-5-21-18-30-27(31-19-21)23-10-8-22(9-11-23)7-6-16-34-26-13-12-25-20-32(15-14-24(25)17-26)28(33)35-29(2,3)4;1-2-18-15-26-24(27-16-18)20-7-5-19(6-8-20)4-3-13-28-23-10-9-22-17-25-12-11-21(22)14-23;1-14(2,3)18-13(17)15-7-6-10-8-12(16)5-4-11(10)9-15;11-9-2-1-8-6-10-4-3-7(8)5-9/h8-13,17-19H,5-7,14-16,20H2,1-4H3;5-10,14-16,25H,2-4,11-13,17H2,1H3;4-5,8,16H,6-7,9H2,1-3H3;1-2,5,10-11H,3-4,6H2. The lowest BCUT2D eigenvalue weighted by molar-refractivity contribution is 0.0213. The number of ether oxygens (including phenoxy) is 4. The molecule has 2 aromatic heterocycles. The fourth-order valence-electron chi connectivity index (χ4n) is 11.1. The number of hydrogen-bond donors (Lipinski definition) is 4. The van der Waals surface area contributed by atoms with E-state index in [1.165, 1.54) is 38.9 Å². The van der Waals surface area contributed by atoms with E-state index in [0.29, 0.717) is 38.5 Å². The number of phenolic OH excluding ortho intramolecular Hbond substituents is 2. The Kier molecular flexibility index (Phi) is 23.8. The van der Waals surface area contributed by atoms with E-state index in [-0.39, 0.29) is 17.9 Å². The average molecular weight is 1250 g/mol. The lowest BCUT2D eigenvalue weighted by Gasteiger charge is -2.31. The Balaban J connectivity index is 0.000000156. The molecule has 16 nitrogen and oxygen atoms in total. The van der Waals surface area contributed by atoms with Gasteiger partial charge in [-0.05, 0) is 234 Å². The molecule has 8 aromatic rings. The molecule has 6 heterocycles. The molecule has 0 aliphatic carbocycles. The second kappa shape index (κ2) is 32.4. The van der Waals surface area contributed by atoms with Crippen LogP contribution in [-0.2, 0) is 87.0 Å². The largest absolute Gasteiger partial charge is 0.508 e. The molecule has 0 saturated heterocycles. The van der Waals surface area contributed by atoms with Crippen LogP contribution >= 0.6 is 0 Å². The molecule has 0 bridgehead atoms. The summed E-state index contributed by atoms with van der Waals surface area (Å²) in [4.78, 5) is 45.6. The number of nitrogens with zero attached hydrogens (tertiary/aromatic N) is 6. The molecular weight excluding hydrogens is 1150 g/mol. The first-order valence-electron chi connectivity index (χ1n) is 32.6. The van der Waals surface area contributed by atoms with Crippen LogP contribution in [0, 0.1) is 0 Å². The molecule has 0 saturated carbocycles. The minimum atomic E-state index is -0.480. The summed E-state index contributed by atoms with van der Waals surface area (Å²) in [7, 11) is 0. The summed E-state index contributed by atoms with van der Waals surface area (Å²) < 4.78 is 22.9. The topological polar surface area (TPSA) is 194 Å². The Bertz CT molecular complexity index is 3680. The second-order valence-electron chi connectivity index (χ2n) is 25.8. The van der Waals surface area contributed by atoms with Crippen molar-refractivity contribution in [3.05, 3.63) is 213 Å². The van der Waals surface area contributed by atoms with Gasteiger partial charge in [0, 0.05) is 75.2 Å². The third kappa shape index (κ3) is 20.6. The van der Waals surface area contributed by atoms with E-state index in [0.717, 1.165) is 159 Å². The molecule has 6 aromatic carbocycles. The van der Waals surface area contributed by atoms with E-state index in [9.17, 15) is 14.7 Å². The fraction of sp³-hybridized carbons (Fsp3) is 0.395. The van der Waals surface area contributed by atoms with Gasteiger partial charge in [0.25, 0.3) is 0 Å². The van der Waals surface area contributed by atoms with Crippen LogP contribution in [-0.4, -0.2) is 103 Å². The van der Waals surface area contributed by atoms with Crippen molar-refractivity contribution in [3.8, 4) is 45.8 Å². The zero-order chi connectivity index (χ0) is 65.0. The molecule has 0 fully saturated rings. The van der Waals surface area contributed by atoms with E-state index >= 15 is 0 Å². The molecule has 0 radical (unpaired) electrons. The summed E-state index contributed by atoms with van der Waals surface area (Å²) in [5.41, 5.74) is 16.0. The number of nitrogens with one attached hydrogen (secondary N) is 2. The lowest BCUT2D eigenvalue weighted by atomic mass is 10.00. The minimum Gasteiger partial charge on any atom is -0.508 e. The molecule has 0 atom stereocenters. The zero-order valence-electron chi connectivity index (χ0n) is 55.0. The number of phenols is 2. The highest BCUT2D eigenvalue weighted by molar-refractivity contribution is 5.69. The molecule has 0 spiro atoms. The van der Waals surface area contributed by atoms with Gasteiger partial charge in [0.2, 0.25) is 0 Å². The first-order chi connectivity index (χ1) is 44.3. The maximum absolute atomic E-state index is 12.4. The molecule has 484 valence electrons. The second-order valence-corrected chi connectivity index (χ2v) is 25.8. The third-order valence-electron chi connectivity index (χ3n) is 16.2. The van der Waals surface area contributed by atoms with Gasteiger partial charge in [-0.3, -0.25) is 0 Å². The predicted molar refractivity (Wildman–Crippen MR) is 362 cm³/mol. The van der Waals surface area contributed by atoms with Crippen molar-refractivity contribution in [1.82, 2.24) is 40.4 Å². The quantitative estimate of drug-likeness (QED) is 0.0751. The summed E-state index contributed by atoms with van der Waals surface area (Å²) in [6.45, 7) is 23.3. The Labute approximate surface area is 543 Å². The molecule has 4 aliphatic heterocycles. The zero-order valence-corrected chi connectivity index (χ0v) is 55.0. The van der Waals surface area contributed by atoms with Crippen molar-refractivity contribution in [2.24, 2.45) is 0 Å². The van der Waals surface area contributed by atoms with E-state index in [1.54, 1.807) is 28.0 Å². The van der Waals surface area contributed by atoms with E-state index in [4.69, 9.17) is 24.1 Å². The number of hydrogen-bond acceptors (Lipinski definition) is 14. The van der Waals surface area contributed by atoms with Crippen molar-refractivity contribution in [2.75, 3.05) is 39.4 Å². The van der Waals surface area contributed by atoms with Crippen molar-refractivity contribution >= 4 is 12.2 Å². The summed E-state index contributed by atoms with van der Waals surface area (Å²) in [5.74, 6) is 4.08. The van der Waals surface area contributed by atoms with E-state index < -0.39 is 11.2 Å². The number of carbonyl (C=O) groups excluding carboxylic acids is 2. The summed E-state index contributed by atoms with van der Waals surface area (Å²) >= 11 is 0. The number of fused-ring (bicyclic) bond motifs is 4. The first-order valence-corrected chi connectivity index (χ1v) is 32.6. The fourth-order valence-corrected chi connectivity index (χ4v) is 11.1. The first kappa shape index (κ1) is 67.5. The highest BCUT2D eigenvalue weighted by atomic mass is 16.6. The highest BCUT2D eigenvalue weighted by Gasteiger charge is 2.27. The molecule has 92 heavy (non-hydrogen) atoms. The van der Waals surface area contributed by atoms with Gasteiger partial charge in [-0.15, -0.1) is 0 Å². The van der Waals surface area contributed by atoms with Crippen LogP contribution in [0.3, 0.4) is 0 Å². The molecule has 4 N–H and O–H groups in total. The van der Waals surface area contributed by atoms with Gasteiger partial charge >= 0.3 is 12.2 Å². The van der Waals surface area contributed by atoms with Crippen molar-refractivity contribution < 1.29 is 38.7 Å². The lowest BCUT2D eigenvalue weighted by Crippen LogP contribution is -2.39. The number of aromatic hydroxyl groups is 2. The molecule has 0 unspecified atom stereocenters. The summed E-state index contributed by atoms with van der Waals surface area (Å²) in [6, 6.07) is 40.5. The average Bonchev–Trinajstić information content (AvgIpc) is 2.20. The molecule has 2 amide bonds. The van der Waals surface area contributed by atoms with E-state index in [2.05, 4.69) is 123 Å². The maximum Gasteiger partial charge on any atom is 0.410 e. The number of benzene rings is 6. The summed E-state index contributed by atoms with van der Waals surface area (Å²) in [5, 5.41) is 25.3. The monoisotopic (exact) mass is 1240 g/mol. The minimum absolute atomic E-state index is 0.251. The molecule has 16 heteroatoms. The summed E-state index contributed by atoms with van der Waals surface area (Å²) in [6.07, 6.45) is 16.6. The Morgan fingerprint density at radius 1 is 0.457 bits per heavy atom. The Morgan fingerprint density at radius 2 is 0.826 bits per heavy atom.